The van der Waals surface area contributed by atoms with Gasteiger partial charge in [0.25, 0.3) is 0 Å². The standard InChI is InChI=1S/C13H22N4S/c1-9(2)12-14-15-13(18)17(12)11-5-7-16-6-3-4-10(16)8-11/h9-11H,3-8H2,1-2H3,(H,15,18). The van der Waals surface area contributed by atoms with E-state index in [9.17, 15) is 0 Å². The van der Waals surface area contributed by atoms with E-state index in [0.29, 0.717) is 12.0 Å². The second-order valence-electron chi connectivity index (χ2n) is 5.92. The van der Waals surface area contributed by atoms with Crippen LogP contribution in [-0.2, 0) is 0 Å². The summed E-state index contributed by atoms with van der Waals surface area (Å²) in [6.07, 6.45) is 5.18. The molecule has 5 heteroatoms. The van der Waals surface area contributed by atoms with Gasteiger partial charge >= 0.3 is 0 Å². The summed E-state index contributed by atoms with van der Waals surface area (Å²) in [6, 6.07) is 1.33. The Bertz CT molecular complexity index is 476. The van der Waals surface area contributed by atoms with Gasteiger partial charge < -0.3 is 9.47 Å². The van der Waals surface area contributed by atoms with Crippen LogP contribution in [0.5, 0.6) is 0 Å². The summed E-state index contributed by atoms with van der Waals surface area (Å²) in [6.45, 7) is 6.89. The Kier molecular flexibility index (Phi) is 3.28. The third kappa shape index (κ3) is 2.03. The van der Waals surface area contributed by atoms with Gasteiger partial charge in [-0.25, -0.2) is 0 Å². The van der Waals surface area contributed by atoms with E-state index in [1.165, 1.54) is 38.8 Å². The van der Waals surface area contributed by atoms with Gasteiger partial charge in [-0.05, 0) is 44.4 Å². The van der Waals surface area contributed by atoms with Crippen molar-refractivity contribution in [3.63, 3.8) is 0 Å². The molecule has 2 aliphatic heterocycles. The molecule has 2 unspecified atom stereocenters. The Morgan fingerprint density at radius 1 is 1.28 bits per heavy atom. The summed E-state index contributed by atoms with van der Waals surface area (Å²) in [5.74, 6) is 1.55. The lowest BCUT2D eigenvalue weighted by Gasteiger charge is -2.35. The Hall–Kier alpha value is -0.680. The van der Waals surface area contributed by atoms with Crippen molar-refractivity contribution >= 4 is 12.2 Å². The molecule has 2 saturated heterocycles. The maximum atomic E-state index is 5.42. The normalized spacial score (nSPS) is 28.8. The first kappa shape index (κ1) is 12.4. The highest BCUT2D eigenvalue weighted by Gasteiger charge is 2.33. The van der Waals surface area contributed by atoms with E-state index < -0.39 is 0 Å². The fourth-order valence-electron chi connectivity index (χ4n) is 3.51. The molecule has 2 atom stereocenters. The highest BCUT2D eigenvalue weighted by atomic mass is 32.1. The van der Waals surface area contributed by atoms with Crippen LogP contribution in [0.2, 0.25) is 0 Å². The summed E-state index contributed by atoms with van der Waals surface area (Å²) in [7, 11) is 0. The minimum absolute atomic E-state index is 0.430. The average molecular weight is 266 g/mol. The van der Waals surface area contributed by atoms with Gasteiger partial charge in [-0.2, -0.15) is 5.10 Å². The molecule has 0 aromatic carbocycles. The predicted octanol–water partition coefficient (Wildman–Crippen LogP) is 2.86. The van der Waals surface area contributed by atoms with Crippen LogP contribution in [0.15, 0.2) is 0 Å². The minimum atomic E-state index is 0.430. The maximum absolute atomic E-state index is 5.42. The van der Waals surface area contributed by atoms with Gasteiger partial charge in [0.1, 0.15) is 5.82 Å². The van der Waals surface area contributed by atoms with Gasteiger partial charge in [0.2, 0.25) is 0 Å². The zero-order valence-electron chi connectivity index (χ0n) is 11.2. The van der Waals surface area contributed by atoms with Crippen molar-refractivity contribution in [3.05, 3.63) is 10.6 Å². The zero-order valence-corrected chi connectivity index (χ0v) is 12.0. The SMILES string of the molecule is CC(C)c1n[nH]c(=S)n1C1CCN2CCCC2C1. The fourth-order valence-corrected chi connectivity index (χ4v) is 3.80. The van der Waals surface area contributed by atoms with E-state index in [1.807, 2.05) is 0 Å². The molecule has 3 heterocycles. The smallest absolute Gasteiger partial charge is 0.195 e. The summed E-state index contributed by atoms with van der Waals surface area (Å²) in [5.41, 5.74) is 0. The van der Waals surface area contributed by atoms with E-state index in [0.717, 1.165) is 16.6 Å². The van der Waals surface area contributed by atoms with Crippen molar-refractivity contribution in [1.82, 2.24) is 19.7 Å². The van der Waals surface area contributed by atoms with Crippen molar-refractivity contribution in [2.45, 2.75) is 57.5 Å². The molecule has 0 radical (unpaired) electrons. The number of nitrogens with zero attached hydrogens (tertiary/aromatic N) is 3. The molecule has 0 spiro atoms. The van der Waals surface area contributed by atoms with Crippen LogP contribution in [-0.4, -0.2) is 38.8 Å². The second-order valence-corrected chi connectivity index (χ2v) is 6.31. The molecule has 100 valence electrons. The minimum Gasteiger partial charge on any atom is -0.301 e. The number of hydrogen-bond donors (Lipinski definition) is 1. The molecule has 0 bridgehead atoms. The Labute approximate surface area is 113 Å². The molecule has 3 rings (SSSR count). The molecule has 2 fully saturated rings. The third-order valence-corrected chi connectivity index (χ3v) is 4.69. The van der Waals surface area contributed by atoms with Gasteiger partial charge in [-0.3, -0.25) is 5.10 Å². The molecule has 1 N–H and O–H groups in total. The van der Waals surface area contributed by atoms with Crippen molar-refractivity contribution < 1.29 is 0 Å². The monoisotopic (exact) mass is 266 g/mol. The van der Waals surface area contributed by atoms with Gasteiger partial charge in [0.05, 0.1) is 0 Å². The van der Waals surface area contributed by atoms with Crippen LogP contribution in [0.4, 0.5) is 0 Å². The second kappa shape index (κ2) is 4.78. The molecule has 2 aliphatic rings. The van der Waals surface area contributed by atoms with E-state index in [4.69, 9.17) is 12.2 Å². The number of hydrogen-bond acceptors (Lipinski definition) is 3. The lowest BCUT2D eigenvalue weighted by molar-refractivity contribution is 0.153. The largest absolute Gasteiger partial charge is 0.301 e. The number of piperidine rings is 1. The number of fused-ring (bicyclic) bond motifs is 1. The molecule has 1 aromatic rings. The van der Waals surface area contributed by atoms with E-state index in [-0.39, 0.29) is 0 Å². The summed E-state index contributed by atoms with van der Waals surface area (Å²) < 4.78 is 3.09. The van der Waals surface area contributed by atoms with E-state index >= 15 is 0 Å². The Morgan fingerprint density at radius 2 is 2.11 bits per heavy atom. The number of H-pyrrole nitrogens is 1. The fraction of sp³-hybridized carbons (Fsp3) is 0.846. The highest BCUT2D eigenvalue weighted by molar-refractivity contribution is 7.71. The number of nitrogens with one attached hydrogen (secondary N) is 1. The van der Waals surface area contributed by atoms with Gasteiger partial charge in [0, 0.05) is 24.5 Å². The Balaban J connectivity index is 1.87. The van der Waals surface area contributed by atoms with Crippen molar-refractivity contribution in [1.29, 1.82) is 0 Å². The van der Waals surface area contributed by atoms with Crippen LogP contribution < -0.4 is 0 Å². The van der Waals surface area contributed by atoms with Gasteiger partial charge in [0.15, 0.2) is 4.77 Å². The van der Waals surface area contributed by atoms with E-state index in [2.05, 4.69) is 33.5 Å². The van der Waals surface area contributed by atoms with Crippen molar-refractivity contribution in [2.75, 3.05) is 13.1 Å². The molecular weight excluding hydrogens is 244 g/mol. The topological polar surface area (TPSA) is 36.9 Å². The molecule has 0 amide bonds. The first-order valence-electron chi connectivity index (χ1n) is 7.07. The number of aromatic nitrogens is 3. The van der Waals surface area contributed by atoms with Crippen LogP contribution >= 0.6 is 12.2 Å². The lowest BCUT2D eigenvalue weighted by Crippen LogP contribution is -2.39. The van der Waals surface area contributed by atoms with Crippen molar-refractivity contribution in [3.8, 4) is 0 Å². The van der Waals surface area contributed by atoms with E-state index in [1.54, 1.807) is 0 Å². The lowest BCUT2D eigenvalue weighted by atomic mass is 9.97. The predicted molar refractivity (Wildman–Crippen MR) is 74.4 cm³/mol. The van der Waals surface area contributed by atoms with Crippen molar-refractivity contribution in [2.24, 2.45) is 0 Å². The maximum Gasteiger partial charge on any atom is 0.195 e. The van der Waals surface area contributed by atoms with Crippen LogP contribution in [0.1, 0.15) is 57.3 Å². The zero-order chi connectivity index (χ0) is 12.7. The summed E-state index contributed by atoms with van der Waals surface area (Å²) in [4.78, 5) is 2.65. The number of aromatic amines is 1. The molecule has 0 saturated carbocycles. The van der Waals surface area contributed by atoms with Gasteiger partial charge in [-0.1, -0.05) is 13.8 Å². The molecule has 1 aromatic heterocycles. The van der Waals surface area contributed by atoms with Crippen LogP contribution in [0.3, 0.4) is 0 Å². The summed E-state index contributed by atoms with van der Waals surface area (Å²) >= 11 is 5.42. The molecular formula is C13H22N4S. The highest BCUT2D eigenvalue weighted by Crippen LogP contribution is 2.34. The van der Waals surface area contributed by atoms with Crippen LogP contribution in [0, 0.1) is 4.77 Å². The quantitative estimate of drug-likeness (QED) is 0.836. The number of rotatable bonds is 2. The van der Waals surface area contributed by atoms with Gasteiger partial charge in [-0.15, -0.1) is 0 Å². The first-order valence-corrected chi connectivity index (χ1v) is 7.48. The summed E-state index contributed by atoms with van der Waals surface area (Å²) in [5, 5.41) is 7.39. The first-order chi connectivity index (χ1) is 8.66. The average Bonchev–Trinajstić information content (AvgIpc) is 2.93. The van der Waals surface area contributed by atoms with Crippen LogP contribution in [0.25, 0.3) is 0 Å². The molecule has 18 heavy (non-hydrogen) atoms. The molecule has 4 nitrogen and oxygen atoms in total. The third-order valence-electron chi connectivity index (χ3n) is 4.41. The Morgan fingerprint density at radius 3 is 2.89 bits per heavy atom. The molecule has 0 aliphatic carbocycles.